The number of ether oxygens (including phenoxy) is 4. The Bertz CT molecular complexity index is 1440. The summed E-state index contributed by atoms with van der Waals surface area (Å²) in [4.78, 5) is 41.1. The molecule has 10 nitrogen and oxygen atoms in total. The summed E-state index contributed by atoms with van der Waals surface area (Å²) in [6, 6.07) is 6.68. The van der Waals surface area contributed by atoms with E-state index in [0.29, 0.717) is 0 Å². The van der Waals surface area contributed by atoms with Crippen molar-refractivity contribution >= 4 is 41.0 Å². The minimum absolute atomic E-state index is 0.0125. The number of benzene rings is 2. The standard InChI is InChI=1S/C28H26Cl2F2N2O8/c1-14(34-26(36)24-25(41-13-40-16(3)35)23(39-4)9-10-33-24)27(37)42-15(2)28(38,19-7-5-17(29)11-21(19)31)20-8-6-18(30)12-22(20)32/h5-12,14-15,38H,13H2,1-4H3,(H,34,36)/t14-,15-/m0/s1. The molecule has 2 atom stereocenters. The van der Waals surface area contributed by atoms with Crippen LogP contribution in [0.1, 0.15) is 42.4 Å². The monoisotopic (exact) mass is 626 g/mol. The summed E-state index contributed by atoms with van der Waals surface area (Å²) in [5.41, 5.74) is -3.72. The number of nitrogens with zero attached hydrogens (tertiary/aromatic N) is 1. The zero-order valence-electron chi connectivity index (χ0n) is 22.7. The highest BCUT2D eigenvalue weighted by Crippen LogP contribution is 2.39. The van der Waals surface area contributed by atoms with E-state index >= 15 is 8.78 Å². The van der Waals surface area contributed by atoms with Crippen LogP contribution in [-0.2, 0) is 24.7 Å². The number of rotatable bonds is 11. The van der Waals surface area contributed by atoms with Crippen molar-refractivity contribution in [2.45, 2.75) is 38.5 Å². The Labute approximate surface area is 249 Å². The molecule has 3 rings (SSSR count). The fourth-order valence-corrected chi connectivity index (χ4v) is 4.25. The van der Waals surface area contributed by atoms with Crippen molar-refractivity contribution in [3.63, 3.8) is 0 Å². The quantitative estimate of drug-likeness (QED) is 0.232. The molecular formula is C28H26Cl2F2N2O8. The van der Waals surface area contributed by atoms with Crippen LogP contribution in [0, 0.1) is 11.6 Å². The second-order valence-electron chi connectivity index (χ2n) is 8.88. The molecule has 0 aliphatic rings. The van der Waals surface area contributed by atoms with Crippen LogP contribution < -0.4 is 14.8 Å². The lowest BCUT2D eigenvalue weighted by molar-refractivity contribution is -0.162. The molecule has 0 fully saturated rings. The summed E-state index contributed by atoms with van der Waals surface area (Å²) in [6.45, 7) is 3.11. The van der Waals surface area contributed by atoms with Gasteiger partial charge >= 0.3 is 11.9 Å². The van der Waals surface area contributed by atoms with E-state index in [4.69, 9.17) is 42.1 Å². The molecule has 0 spiro atoms. The van der Waals surface area contributed by atoms with Gasteiger partial charge in [-0.1, -0.05) is 35.3 Å². The molecule has 0 aliphatic carbocycles. The number of nitrogens with one attached hydrogen (secondary N) is 1. The fraction of sp³-hybridized carbons (Fsp3) is 0.286. The van der Waals surface area contributed by atoms with E-state index in [9.17, 15) is 19.5 Å². The van der Waals surface area contributed by atoms with Crippen LogP contribution in [0.5, 0.6) is 11.5 Å². The number of hydrogen-bond acceptors (Lipinski definition) is 9. The molecule has 0 saturated carbocycles. The summed E-state index contributed by atoms with van der Waals surface area (Å²) in [5, 5.41) is 14.2. The third-order valence-electron chi connectivity index (χ3n) is 6.03. The number of hydrogen-bond donors (Lipinski definition) is 2. The van der Waals surface area contributed by atoms with Gasteiger partial charge in [-0.2, -0.15) is 0 Å². The number of amides is 1. The molecular weight excluding hydrogens is 601 g/mol. The van der Waals surface area contributed by atoms with Crippen molar-refractivity contribution in [3.8, 4) is 11.5 Å². The number of esters is 2. The number of aliphatic hydroxyl groups is 1. The number of aromatic nitrogens is 1. The van der Waals surface area contributed by atoms with Crippen LogP contribution in [0.2, 0.25) is 10.0 Å². The molecule has 2 N–H and O–H groups in total. The van der Waals surface area contributed by atoms with Gasteiger partial charge in [0.25, 0.3) is 5.91 Å². The van der Waals surface area contributed by atoms with E-state index in [1.54, 1.807) is 0 Å². The van der Waals surface area contributed by atoms with Crippen LogP contribution in [-0.4, -0.2) is 54.0 Å². The van der Waals surface area contributed by atoms with Gasteiger partial charge in [-0.15, -0.1) is 0 Å². The molecule has 42 heavy (non-hydrogen) atoms. The number of methoxy groups -OCH3 is 1. The van der Waals surface area contributed by atoms with E-state index in [1.165, 1.54) is 45.4 Å². The second-order valence-corrected chi connectivity index (χ2v) is 9.75. The van der Waals surface area contributed by atoms with Crippen LogP contribution in [0.15, 0.2) is 48.7 Å². The second kappa shape index (κ2) is 13.8. The first-order valence-corrected chi connectivity index (χ1v) is 13.0. The number of pyridine rings is 1. The first-order chi connectivity index (χ1) is 19.8. The van der Waals surface area contributed by atoms with Crippen LogP contribution >= 0.6 is 23.2 Å². The Hall–Kier alpha value is -4.00. The average molecular weight is 627 g/mol. The molecule has 1 aromatic heterocycles. The number of halogens is 4. The Morgan fingerprint density at radius 1 is 1.02 bits per heavy atom. The van der Waals surface area contributed by atoms with Crippen molar-refractivity contribution in [2.24, 2.45) is 0 Å². The first-order valence-electron chi connectivity index (χ1n) is 12.2. The molecule has 2 aromatic carbocycles. The Balaban J connectivity index is 1.87. The zero-order valence-corrected chi connectivity index (χ0v) is 24.3. The van der Waals surface area contributed by atoms with E-state index < -0.39 is 65.1 Å². The van der Waals surface area contributed by atoms with Gasteiger partial charge in [0, 0.05) is 40.4 Å². The maximum Gasteiger partial charge on any atom is 0.328 e. The van der Waals surface area contributed by atoms with E-state index in [-0.39, 0.29) is 27.2 Å². The maximum atomic E-state index is 15.0. The van der Waals surface area contributed by atoms with E-state index in [2.05, 4.69) is 10.3 Å². The Morgan fingerprint density at radius 3 is 2.10 bits per heavy atom. The lowest BCUT2D eigenvalue weighted by Gasteiger charge is -2.35. The highest BCUT2D eigenvalue weighted by Gasteiger charge is 2.45. The van der Waals surface area contributed by atoms with Gasteiger partial charge in [-0.25, -0.2) is 18.6 Å². The molecule has 0 bridgehead atoms. The summed E-state index contributed by atoms with van der Waals surface area (Å²) >= 11 is 11.7. The topological polar surface area (TPSA) is 133 Å². The predicted molar refractivity (Wildman–Crippen MR) is 146 cm³/mol. The van der Waals surface area contributed by atoms with Crippen LogP contribution in [0.4, 0.5) is 8.78 Å². The number of carbonyl (C=O) groups excluding carboxylic acids is 3. The average Bonchev–Trinajstić information content (AvgIpc) is 2.92. The van der Waals surface area contributed by atoms with E-state index in [0.717, 1.165) is 31.2 Å². The smallest absolute Gasteiger partial charge is 0.328 e. The Kier molecular flexibility index (Phi) is 10.7. The lowest BCUT2D eigenvalue weighted by Crippen LogP contribution is -2.47. The van der Waals surface area contributed by atoms with Gasteiger partial charge < -0.3 is 29.4 Å². The summed E-state index contributed by atoms with van der Waals surface area (Å²) in [5.74, 6) is -4.66. The lowest BCUT2D eigenvalue weighted by atomic mass is 9.81. The summed E-state index contributed by atoms with van der Waals surface area (Å²) in [7, 11) is 1.31. The molecule has 3 aromatic rings. The normalized spacial score (nSPS) is 12.6. The molecule has 0 saturated heterocycles. The SMILES string of the molecule is COc1ccnc(C(=O)N[C@@H](C)C(=O)O[C@@H](C)C(O)(c2ccc(Cl)cc2F)c2ccc(Cl)cc2F)c1OCOC(C)=O. The first kappa shape index (κ1) is 32.5. The van der Waals surface area contributed by atoms with Gasteiger partial charge in [0.15, 0.2) is 22.8 Å². The predicted octanol–water partition coefficient (Wildman–Crippen LogP) is 4.56. The van der Waals surface area contributed by atoms with Gasteiger partial charge in [0.05, 0.1) is 7.11 Å². The van der Waals surface area contributed by atoms with Gasteiger partial charge in [-0.05, 0) is 38.1 Å². The third-order valence-corrected chi connectivity index (χ3v) is 6.50. The van der Waals surface area contributed by atoms with E-state index in [1.807, 2.05) is 0 Å². The van der Waals surface area contributed by atoms with Gasteiger partial charge in [0.2, 0.25) is 6.79 Å². The molecule has 0 aliphatic heterocycles. The van der Waals surface area contributed by atoms with Crippen LogP contribution in [0.3, 0.4) is 0 Å². The molecule has 14 heteroatoms. The highest BCUT2D eigenvalue weighted by atomic mass is 35.5. The van der Waals surface area contributed by atoms with Gasteiger partial charge in [-0.3, -0.25) is 9.59 Å². The fourth-order valence-electron chi connectivity index (χ4n) is 3.93. The molecule has 0 unspecified atom stereocenters. The largest absolute Gasteiger partial charge is 0.493 e. The van der Waals surface area contributed by atoms with Gasteiger partial charge in [0.1, 0.15) is 23.8 Å². The minimum atomic E-state index is -2.55. The summed E-state index contributed by atoms with van der Waals surface area (Å²) in [6.07, 6.45) is -0.355. The van der Waals surface area contributed by atoms with Crippen molar-refractivity contribution in [1.29, 1.82) is 0 Å². The Morgan fingerprint density at radius 2 is 1.60 bits per heavy atom. The zero-order chi connectivity index (χ0) is 31.2. The van der Waals surface area contributed by atoms with Crippen molar-refractivity contribution in [1.82, 2.24) is 10.3 Å². The molecule has 1 heterocycles. The molecule has 1 amide bonds. The maximum absolute atomic E-state index is 15.0. The highest BCUT2D eigenvalue weighted by molar-refractivity contribution is 6.30. The number of carbonyl (C=O) groups is 3. The summed E-state index contributed by atoms with van der Waals surface area (Å²) < 4.78 is 50.8. The molecule has 0 radical (unpaired) electrons. The minimum Gasteiger partial charge on any atom is -0.493 e. The third kappa shape index (κ3) is 7.25. The van der Waals surface area contributed by atoms with Crippen molar-refractivity contribution in [2.75, 3.05) is 13.9 Å². The van der Waals surface area contributed by atoms with Crippen LogP contribution in [0.25, 0.3) is 0 Å². The molecule has 224 valence electrons. The van der Waals surface area contributed by atoms with Crippen molar-refractivity contribution in [3.05, 3.63) is 87.2 Å². The van der Waals surface area contributed by atoms with Crippen molar-refractivity contribution < 1.29 is 47.2 Å².